The molecule has 4 N–H and O–H groups in total. The van der Waals surface area contributed by atoms with E-state index in [1.54, 1.807) is 0 Å². The average Bonchev–Trinajstić information content (AvgIpc) is 2.26. The lowest BCUT2D eigenvalue weighted by Crippen LogP contribution is -2.35. The van der Waals surface area contributed by atoms with Crippen LogP contribution in [0.3, 0.4) is 0 Å². The number of carboxylic acid groups (broad SMARTS) is 2. The SMILES string of the molecule is CC(=O)O.Cc1cccc(C)c1[C@H](C)[C@@H](N)C(=O)O. The molecule has 5 heteroatoms. The van der Waals surface area contributed by atoms with E-state index in [2.05, 4.69) is 0 Å². The largest absolute Gasteiger partial charge is 0.481 e. The number of carboxylic acids is 2. The van der Waals surface area contributed by atoms with Gasteiger partial charge in [0, 0.05) is 12.8 Å². The van der Waals surface area contributed by atoms with Gasteiger partial charge in [-0.2, -0.15) is 0 Å². The summed E-state index contributed by atoms with van der Waals surface area (Å²) in [6, 6.07) is 5.08. The lowest BCUT2D eigenvalue weighted by atomic mass is 9.87. The molecule has 106 valence electrons. The molecule has 0 aromatic heterocycles. The minimum Gasteiger partial charge on any atom is -0.481 e. The summed E-state index contributed by atoms with van der Waals surface area (Å²) in [4.78, 5) is 19.8. The van der Waals surface area contributed by atoms with Crippen molar-refractivity contribution in [2.45, 2.75) is 39.7 Å². The molecule has 0 aliphatic rings. The predicted molar refractivity (Wildman–Crippen MR) is 73.3 cm³/mol. The Morgan fingerprint density at radius 2 is 1.53 bits per heavy atom. The van der Waals surface area contributed by atoms with E-state index in [9.17, 15) is 4.79 Å². The molecule has 0 saturated carbocycles. The molecule has 19 heavy (non-hydrogen) atoms. The standard InChI is InChI=1S/C12H17NO2.C2H4O2/c1-7-5-4-6-8(2)10(7)9(3)11(13)12(14)15;1-2(3)4/h4-6,9,11H,13H2,1-3H3,(H,14,15);1H3,(H,3,4)/t9-,11+;/m0./s1. The summed E-state index contributed by atoms with van der Waals surface area (Å²) in [7, 11) is 0. The van der Waals surface area contributed by atoms with Crippen LogP contribution < -0.4 is 5.73 Å². The zero-order valence-electron chi connectivity index (χ0n) is 11.7. The Bertz CT molecular complexity index is 433. The molecule has 0 aliphatic heterocycles. The van der Waals surface area contributed by atoms with Gasteiger partial charge in [0.05, 0.1) is 0 Å². The highest BCUT2D eigenvalue weighted by Gasteiger charge is 2.23. The number of aryl methyl sites for hydroxylation is 2. The Labute approximate surface area is 113 Å². The summed E-state index contributed by atoms with van der Waals surface area (Å²) in [5.74, 6) is -1.95. The smallest absolute Gasteiger partial charge is 0.321 e. The topological polar surface area (TPSA) is 101 Å². The predicted octanol–water partition coefficient (Wildman–Crippen LogP) is 1.91. The van der Waals surface area contributed by atoms with Crippen LogP contribution >= 0.6 is 0 Å². The van der Waals surface area contributed by atoms with Gasteiger partial charge in [-0.15, -0.1) is 0 Å². The lowest BCUT2D eigenvalue weighted by Gasteiger charge is -2.20. The number of rotatable bonds is 3. The fourth-order valence-corrected chi connectivity index (χ4v) is 1.94. The minimum atomic E-state index is -0.954. The summed E-state index contributed by atoms with van der Waals surface area (Å²) in [5.41, 5.74) is 8.87. The molecule has 1 aromatic rings. The fourth-order valence-electron chi connectivity index (χ4n) is 1.94. The van der Waals surface area contributed by atoms with Gasteiger partial charge in [-0.05, 0) is 30.5 Å². The molecule has 0 bridgehead atoms. The highest BCUT2D eigenvalue weighted by atomic mass is 16.4. The van der Waals surface area contributed by atoms with Gasteiger partial charge >= 0.3 is 5.97 Å². The van der Waals surface area contributed by atoms with E-state index in [-0.39, 0.29) is 5.92 Å². The molecule has 0 aliphatic carbocycles. The van der Waals surface area contributed by atoms with Gasteiger partial charge in [0.15, 0.2) is 0 Å². The normalized spacial score (nSPS) is 12.9. The van der Waals surface area contributed by atoms with Crippen molar-refractivity contribution in [1.82, 2.24) is 0 Å². The van der Waals surface area contributed by atoms with Crippen LogP contribution in [0.25, 0.3) is 0 Å². The van der Waals surface area contributed by atoms with Crippen molar-refractivity contribution in [1.29, 1.82) is 0 Å². The summed E-state index contributed by atoms with van der Waals surface area (Å²) < 4.78 is 0. The second-order valence-corrected chi connectivity index (χ2v) is 4.48. The Balaban J connectivity index is 0.000000711. The molecular formula is C14H21NO4. The Morgan fingerprint density at radius 3 is 1.84 bits per heavy atom. The Kier molecular flexibility index (Phi) is 6.79. The average molecular weight is 267 g/mol. The zero-order chi connectivity index (χ0) is 15.2. The summed E-state index contributed by atoms with van der Waals surface area (Å²) in [5, 5.41) is 16.3. The third-order valence-electron chi connectivity index (χ3n) is 2.82. The van der Waals surface area contributed by atoms with Gasteiger partial charge in [0.1, 0.15) is 6.04 Å². The summed E-state index contributed by atoms with van der Waals surface area (Å²) in [6.07, 6.45) is 0. The van der Waals surface area contributed by atoms with E-state index in [0.717, 1.165) is 23.6 Å². The number of nitrogens with two attached hydrogens (primary N) is 1. The number of aliphatic carboxylic acids is 2. The van der Waals surface area contributed by atoms with E-state index in [4.69, 9.17) is 20.7 Å². The van der Waals surface area contributed by atoms with Crippen molar-refractivity contribution in [2.75, 3.05) is 0 Å². The molecule has 5 nitrogen and oxygen atoms in total. The van der Waals surface area contributed by atoms with Gasteiger partial charge in [0.2, 0.25) is 0 Å². The second kappa shape index (κ2) is 7.53. The first-order chi connectivity index (χ1) is 8.68. The molecule has 0 spiro atoms. The van der Waals surface area contributed by atoms with Gasteiger partial charge in [0.25, 0.3) is 5.97 Å². The first-order valence-electron chi connectivity index (χ1n) is 5.92. The Hall–Kier alpha value is -1.88. The Morgan fingerprint density at radius 1 is 1.16 bits per heavy atom. The van der Waals surface area contributed by atoms with Crippen molar-refractivity contribution in [2.24, 2.45) is 5.73 Å². The number of carbonyl (C=O) groups is 2. The van der Waals surface area contributed by atoms with Gasteiger partial charge < -0.3 is 15.9 Å². The third-order valence-corrected chi connectivity index (χ3v) is 2.82. The second-order valence-electron chi connectivity index (χ2n) is 4.48. The highest BCUT2D eigenvalue weighted by Crippen LogP contribution is 2.25. The zero-order valence-corrected chi connectivity index (χ0v) is 11.7. The van der Waals surface area contributed by atoms with Crippen molar-refractivity contribution >= 4 is 11.9 Å². The van der Waals surface area contributed by atoms with Crippen LogP contribution in [-0.4, -0.2) is 28.2 Å². The van der Waals surface area contributed by atoms with Crippen molar-refractivity contribution in [3.05, 3.63) is 34.9 Å². The fraction of sp³-hybridized carbons (Fsp3) is 0.429. The van der Waals surface area contributed by atoms with E-state index < -0.39 is 18.0 Å². The van der Waals surface area contributed by atoms with Crippen LogP contribution in [0.1, 0.15) is 36.5 Å². The maximum Gasteiger partial charge on any atom is 0.321 e. The minimum absolute atomic E-state index is 0.163. The van der Waals surface area contributed by atoms with Crippen LogP contribution in [0.2, 0.25) is 0 Å². The van der Waals surface area contributed by atoms with Crippen molar-refractivity contribution in [3.8, 4) is 0 Å². The first kappa shape index (κ1) is 17.1. The van der Waals surface area contributed by atoms with Crippen molar-refractivity contribution in [3.63, 3.8) is 0 Å². The molecule has 0 unspecified atom stereocenters. The number of hydrogen-bond donors (Lipinski definition) is 3. The van der Waals surface area contributed by atoms with Crippen LogP contribution in [0, 0.1) is 13.8 Å². The molecule has 0 saturated heterocycles. The monoisotopic (exact) mass is 267 g/mol. The van der Waals surface area contributed by atoms with Crippen LogP contribution in [0.4, 0.5) is 0 Å². The first-order valence-corrected chi connectivity index (χ1v) is 5.92. The van der Waals surface area contributed by atoms with Gasteiger partial charge in [-0.3, -0.25) is 9.59 Å². The maximum absolute atomic E-state index is 10.8. The molecule has 0 fully saturated rings. The highest BCUT2D eigenvalue weighted by molar-refractivity contribution is 5.74. The van der Waals surface area contributed by atoms with E-state index in [0.29, 0.717) is 0 Å². The molecular weight excluding hydrogens is 246 g/mol. The molecule has 0 amide bonds. The number of benzene rings is 1. The molecule has 0 heterocycles. The van der Waals surface area contributed by atoms with Crippen LogP contribution in [-0.2, 0) is 9.59 Å². The quantitative estimate of drug-likeness (QED) is 0.776. The van der Waals surface area contributed by atoms with Crippen LogP contribution in [0.15, 0.2) is 18.2 Å². The molecule has 0 radical (unpaired) electrons. The lowest BCUT2D eigenvalue weighted by molar-refractivity contribution is -0.139. The third kappa shape index (κ3) is 5.52. The summed E-state index contributed by atoms with van der Waals surface area (Å²) >= 11 is 0. The molecule has 1 aromatic carbocycles. The summed E-state index contributed by atoms with van der Waals surface area (Å²) in [6.45, 7) is 6.90. The molecule has 2 atom stereocenters. The van der Waals surface area contributed by atoms with Gasteiger partial charge in [-0.1, -0.05) is 25.1 Å². The van der Waals surface area contributed by atoms with E-state index >= 15 is 0 Å². The van der Waals surface area contributed by atoms with Gasteiger partial charge in [-0.25, -0.2) is 0 Å². The molecule has 1 rings (SSSR count). The van der Waals surface area contributed by atoms with E-state index in [1.165, 1.54) is 0 Å². The van der Waals surface area contributed by atoms with Crippen LogP contribution in [0.5, 0.6) is 0 Å². The number of hydrogen-bond acceptors (Lipinski definition) is 3. The maximum atomic E-state index is 10.8. The van der Waals surface area contributed by atoms with Crippen molar-refractivity contribution < 1.29 is 19.8 Å². The van der Waals surface area contributed by atoms with E-state index in [1.807, 2.05) is 39.0 Å².